The van der Waals surface area contributed by atoms with Gasteiger partial charge in [0.1, 0.15) is 5.82 Å². The summed E-state index contributed by atoms with van der Waals surface area (Å²) in [5.41, 5.74) is 5.25. The van der Waals surface area contributed by atoms with Crippen molar-refractivity contribution in [2.24, 2.45) is 5.84 Å². The first kappa shape index (κ1) is 12.7. The van der Waals surface area contributed by atoms with Gasteiger partial charge in [-0.15, -0.1) is 0 Å². The first-order chi connectivity index (χ1) is 8.70. The fourth-order valence-corrected chi connectivity index (χ4v) is 1.85. The lowest BCUT2D eigenvalue weighted by atomic mass is 10.0. The molecule has 1 aromatic heterocycles. The number of aromatic nitrogens is 1. The molecule has 4 heteroatoms. The van der Waals surface area contributed by atoms with Crippen LogP contribution in [0.25, 0.3) is 0 Å². The fourth-order valence-electron chi connectivity index (χ4n) is 1.85. The number of nitrogens with zero attached hydrogens (tertiary/aromatic N) is 1. The molecule has 2 aromatic rings. The highest BCUT2D eigenvalue weighted by Gasteiger charge is 2.15. The highest BCUT2D eigenvalue weighted by molar-refractivity contribution is 5.24. The van der Waals surface area contributed by atoms with Crippen LogP contribution in [0.1, 0.15) is 22.9 Å². The first-order valence-corrected chi connectivity index (χ1v) is 5.83. The van der Waals surface area contributed by atoms with Crippen molar-refractivity contribution >= 4 is 0 Å². The van der Waals surface area contributed by atoms with E-state index in [4.69, 9.17) is 5.84 Å². The Morgan fingerprint density at radius 1 is 1.28 bits per heavy atom. The first-order valence-electron chi connectivity index (χ1n) is 5.83. The predicted molar refractivity (Wildman–Crippen MR) is 69.1 cm³/mol. The van der Waals surface area contributed by atoms with Crippen molar-refractivity contribution in [3.05, 3.63) is 65.2 Å². The molecule has 0 fully saturated rings. The monoisotopic (exact) mass is 245 g/mol. The molecule has 0 aliphatic rings. The van der Waals surface area contributed by atoms with E-state index in [0.717, 1.165) is 5.56 Å². The minimum Gasteiger partial charge on any atom is -0.271 e. The fraction of sp³-hybridized carbons (Fsp3) is 0.214. The van der Waals surface area contributed by atoms with Crippen LogP contribution in [0.3, 0.4) is 0 Å². The molecule has 2 rings (SSSR count). The van der Waals surface area contributed by atoms with Crippen molar-refractivity contribution in [2.75, 3.05) is 0 Å². The average molecular weight is 245 g/mol. The summed E-state index contributed by atoms with van der Waals surface area (Å²) in [7, 11) is 0. The number of benzene rings is 1. The second kappa shape index (κ2) is 5.71. The van der Waals surface area contributed by atoms with E-state index in [0.29, 0.717) is 12.1 Å². The van der Waals surface area contributed by atoms with Crippen LogP contribution in [0, 0.1) is 12.7 Å². The molecule has 0 bridgehead atoms. The van der Waals surface area contributed by atoms with Crippen LogP contribution in [0.5, 0.6) is 0 Å². The topological polar surface area (TPSA) is 50.9 Å². The number of hydrazine groups is 1. The lowest BCUT2D eigenvalue weighted by molar-refractivity contribution is 0.495. The molecule has 0 saturated heterocycles. The highest BCUT2D eigenvalue weighted by atomic mass is 19.1. The van der Waals surface area contributed by atoms with Gasteiger partial charge in [0.25, 0.3) is 0 Å². The lowest BCUT2D eigenvalue weighted by Crippen LogP contribution is -2.31. The number of nitrogens with two attached hydrogens (primary N) is 1. The molecule has 1 heterocycles. The zero-order valence-electron chi connectivity index (χ0n) is 10.2. The van der Waals surface area contributed by atoms with Crippen LogP contribution < -0.4 is 11.3 Å². The Hall–Kier alpha value is -1.78. The Kier molecular flexibility index (Phi) is 4.02. The normalized spacial score (nSPS) is 12.4. The number of hydrogen-bond donors (Lipinski definition) is 2. The number of nitrogens with one attached hydrogen (secondary N) is 1. The smallest absolute Gasteiger partial charge is 0.146 e. The molecule has 0 aliphatic carbocycles. The second-order valence-corrected chi connectivity index (χ2v) is 4.28. The Bertz CT molecular complexity index is 511. The summed E-state index contributed by atoms with van der Waals surface area (Å²) in [5, 5.41) is 0. The zero-order valence-corrected chi connectivity index (χ0v) is 10.2. The minimum absolute atomic E-state index is 0.325. The van der Waals surface area contributed by atoms with Crippen molar-refractivity contribution < 1.29 is 4.39 Å². The molecular weight excluding hydrogens is 229 g/mol. The summed E-state index contributed by atoms with van der Waals surface area (Å²) in [6.45, 7) is 2.03. The number of halogens is 1. The Morgan fingerprint density at radius 3 is 2.61 bits per heavy atom. The lowest BCUT2D eigenvalue weighted by Gasteiger charge is -2.16. The van der Waals surface area contributed by atoms with Crippen LogP contribution in [0.15, 0.2) is 42.6 Å². The van der Waals surface area contributed by atoms with E-state index in [1.165, 1.54) is 11.6 Å². The summed E-state index contributed by atoms with van der Waals surface area (Å²) >= 11 is 0. The van der Waals surface area contributed by atoms with Crippen LogP contribution in [0.4, 0.5) is 4.39 Å². The van der Waals surface area contributed by atoms with Crippen molar-refractivity contribution in [3.63, 3.8) is 0 Å². The number of hydrogen-bond acceptors (Lipinski definition) is 3. The average Bonchev–Trinajstić information content (AvgIpc) is 2.39. The van der Waals surface area contributed by atoms with Gasteiger partial charge >= 0.3 is 0 Å². The third-order valence-corrected chi connectivity index (χ3v) is 2.88. The maximum absolute atomic E-state index is 13.6. The molecule has 1 atom stereocenters. The third kappa shape index (κ3) is 2.91. The molecule has 1 aromatic carbocycles. The van der Waals surface area contributed by atoms with E-state index in [1.807, 2.05) is 31.2 Å². The van der Waals surface area contributed by atoms with Gasteiger partial charge in [-0.3, -0.25) is 16.3 Å². The van der Waals surface area contributed by atoms with Gasteiger partial charge in [-0.1, -0.05) is 29.8 Å². The Balaban J connectivity index is 2.20. The van der Waals surface area contributed by atoms with E-state index in [2.05, 4.69) is 10.4 Å². The summed E-state index contributed by atoms with van der Waals surface area (Å²) in [5.74, 6) is 5.15. The molecule has 1 unspecified atom stereocenters. The van der Waals surface area contributed by atoms with Crippen LogP contribution in [-0.2, 0) is 6.42 Å². The largest absolute Gasteiger partial charge is 0.271 e. The zero-order chi connectivity index (χ0) is 13.0. The van der Waals surface area contributed by atoms with Crippen molar-refractivity contribution in [2.45, 2.75) is 19.4 Å². The summed E-state index contributed by atoms with van der Waals surface area (Å²) in [6.07, 6.45) is 2.17. The molecule has 0 radical (unpaired) electrons. The minimum atomic E-state index is -0.340. The molecule has 0 spiro atoms. The molecule has 0 amide bonds. The maximum atomic E-state index is 13.6. The third-order valence-electron chi connectivity index (χ3n) is 2.88. The van der Waals surface area contributed by atoms with E-state index < -0.39 is 0 Å². The number of aryl methyl sites for hydroxylation is 1. The van der Waals surface area contributed by atoms with Crippen molar-refractivity contribution in [1.29, 1.82) is 0 Å². The highest BCUT2D eigenvalue weighted by Crippen LogP contribution is 2.18. The summed E-state index contributed by atoms with van der Waals surface area (Å²) < 4.78 is 13.6. The van der Waals surface area contributed by atoms with Crippen LogP contribution in [0.2, 0.25) is 0 Å². The van der Waals surface area contributed by atoms with Crippen LogP contribution in [-0.4, -0.2) is 4.98 Å². The van der Waals surface area contributed by atoms with E-state index in [1.54, 1.807) is 12.3 Å². The summed E-state index contributed by atoms with van der Waals surface area (Å²) in [6, 6.07) is 10.7. The Morgan fingerprint density at radius 2 is 2.00 bits per heavy atom. The van der Waals surface area contributed by atoms with Gasteiger partial charge in [-0.2, -0.15) is 0 Å². The molecule has 94 valence electrons. The number of pyridine rings is 1. The van der Waals surface area contributed by atoms with Crippen LogP contribution >= 0.6 is 0 Å². The molecule has 3 nitrogen and oxygen atoms in total. The van der Waals surface area contributed by atoms with Crippen molar-refractivity contribution in [3.8, 4) is 0 Å². The van der Waals surface area contributed by atoms with E-state index in [-0.39, 0.29) is 11.9 Å². The molecule has 3 N–H and O–H groups in total. The molecule has 0 saturated carbocycles. The summed E-state index contributed by atoms with van der Waals surface area (Å²) in [4.78, 5) is 4.05. The van der Waals surface area contributed by atoms with Crippen molar-refractivity contribution in [1.82, 2.24) is 10.4 Å². The molecule has 18 heavy (non-hydrogen) atoms. The molecular formula is C14H16FN3. The second-order valence-electron chi connectivity index (χ2n) is 4.28. The van der Waals surface area contributed by atoms with Gasteiger partial charge in [0.05, 0.1) is 11.7 Å². The standard InChI is InChI=1S/C14H16FN3/c1-10-4-6-11(7-5-10)9-13(18-16)14-12(15)3-2-8-17-14/h2-8,13,18H,9,16H2,1H3. The Labute approximate surface area is 106 Å². The van der Waals surface area contributed by atoms with Gasteiger partial charge in [0.2, 0.25) is 0 Å². The van der Waals surface area contributed by atoms with Gasteiger partial charge in [-0.25, -0.2) is 4.39 Å². The SMILES string of the molecule is Cc1ccc(CC(NN)c2ncccc2F)cc1. The van der Waals surface area contributed by atoms with Gasteiger partial charge in [0, 0.05) is 6.20 Å². The number of rotatable bonds is 4. The molecule has 0 aliphatic heterocycles. The van der Waals surface area contributed by atoms with Gasteiger partial charge < -0.3 is 0 Å². The van der Waals surface area contributed by atoms with E-state index in [9.17, 15) is 4.39 Å². The maximum Gasteiger partial charge on any atom is 0.146 e. The van der Waals surface area contributed by atoms with Gasteiger partial charge in [0.15, 0.2) is 0 Å². The van der Waals surface area contributed by atoms with E-state index >= 15 is 0 Å². The quantitative estimate of drug-likeness (QED) is 0.642. The van der Waals surface area contributed by atoms with Gasteiger partial charge in [-0.05, 0) is 31.0 Å². The predicted octanol–water partition coefficient (Wildman–Crippen LogP) is 2.28.